The number of hydrogen-bond acceptors (Lipinski definition) is 7. The quantitative estimate of drug-likeness (QED) is 0.129. The molecule has 0 radical (unpaired) electrons. The number of ether oxygens (including phenoxy) is 2. The number of nitrogens with one attached hydrogen (secondary N) is 1. The normalized spacial score (nSPS) is 11.2. The molecule has 0 aliphatic carbocycles. The summed E-state index contributed by atoms with van der Waals surface area (Å²) in [6, 6.07) is 18.5. The average molecular weight is 676 g/mol. The van der Waals surface area contributed by atoms with Gasteiger partial charge in [-0.3, -0.25) is 19.4 Å². The number of nitrogens with zero attached hydrogens (tertiary/aromatic N) is 2. The molecule has 49 heavy (non-hydrogen) atoms. The zero-order valence-electron chi connectivity index (χ0n) is 27.7. The number of amides is 2. The van der Waals surface area contributed by atoms with Crippen molar-refractivity contribution < 1.29 is 41.8 Å². The summed E-state index contributed by atoms with van der Waals surface area (Å²) < 4.78 is 49.9. The monoisotopic (exact) mass is 675 g/mol. The summed E-state index contributed by atoms with van der Waals surface area (Å²) in [6.07, 6.45) is -3.85. The maximum Gasteiger partial charge on any atom is 0.416 e. The Morgan fingerprint density at radius 2 is 1.55 bits per heavy atom. The van der Waals surface area contributed by atoms with E-state index in [0.29, 0.717) is 29.7 Å². The minimum absolute atomic E-state index is 0.0831. The van der Waals surface area contributed by atoms with E-state index in [1.165, 1.54) is 47.4 Å². The van der Waals surface area contributed by atoms with Gasteiger partial charge in [0.15, 0.2) is 0 Å². The minimum Gasteiger partial charge on any atom is -0.459 e. The number of rotatable bonds is 11. The number of pyridine rings is 1. The Balaban J connectivity index is 1.45. The van der Waals surface area contributed by atoms with Crippen LogP contribution in [0.1, 0.15) is 74.6 Å². The van der Waals surface area contributed by atoms with Gasteiger partial charge in [0.05, 0.1) is 39.7 Å². The molecule has 4 rings (SSSR count). The summed E-state index contributed by atoms with van der Waals surface area (Å²) in [5.41, 5.74) is 1.89. The molecule has 1 aromatic heterocycles. The van der Waals surface area contributed by atoms with Crippen LogP contribution in [0.3, 0.4) is 0 Å². The molecule has 0 fully saturated rings. The predicted octanol–water partition coefficient (Wildman–Crippen LogP) is 7.52. The van der Waals surface area contributed by atoms with Crippen LogP contribution < -0.4 is 10.1 Å². The molecule has 9 nitrogen and oxygen atoms in total. The second kappa shape index (κ2) is 15.6. The lowest BCUT2D eigenvalue weighted by Gasteiger charge is -2.17. The van der Waals surface area contributed by atoms with Gasteiger partial charge in [-0.25, -0.2) is 4.79 Å². The Hall–Kier alpha value is -5.52. The molecule has 0 spiro atoms. The van der Waals surface area contributed by atoms with Crippen LogP contribution in [0.2, 0.25) is 0 Å². The van der Waals surface area contributed by atoms with E-state index in [-0.39, 0.29) is 46.7 Å². The predicted molar refractivity (Wildman–Crippen MR) is 177 cm³/mol. The maximum atomic E-state index is 13.5. The van der Waals surface area contributed by atoms with Crippen molar-refractivity contribution in [2.24, 2.45) is 0 Å². The Kier molecular flexibility index (Phi) is 11.6. The fraction of sp³-hybridized carbons (Fsp3) is 0.270. The third-order valence-corrected chi connectivity index (χ3v) is 7.24. The fourth-order valence-corrected chi connectivity index (χ4v) is 4.80. The van der Waals surface area contributed by atoms with Gasteiger partial charge in [0, 0.05) is 31.8 Å². The van der Waals surface area contributed by atoms with Gasteiger partial charge in [0.2, 0.25) is 0 Å². The topological polar surface area (TPSA) is 115 Å². The van der Waals surface area contributed by atoms with Crippen molar-refractivity contribution in [1.29, 1.82) is 0 Å². The Labute approximate surface area is 282 Å². The first-order valence-electron chi connectivity index (χ1n) is 15.5. The average Bonchev–Trinajstić information content (AvgIpc) is 3.04. The zero-order chi connectivity index (χ0) is 35.9. The second-order valence-electron chi connectivity index (χ2n) is 11.8. The van der Waals surface area contributed by atoms with Crippen LogP contribution in [0.25, 0.3) is 11.3 Å². The van der Waals surface area contributed by atoms with E-state index in [4.69, 9.17) is 9.47 Å². The summed E-state index contributed by atoms with van der Waals surface area (Å²) >= 11 is 0. The molecule has 2 amide bonds. The van der Waals surface area contributed by atoms with Crippen LogP contribution in [0.5, 0.6) is 5.75 Å². The second-order valence-corrected chi connectivity index (χ2v) is 11.8. The first-order chi connectivity index (χ1) is 23.1. The fourth-order valence-electron chi connectivity index (χ4n) is 4.80. The Morgan fingerprint density at radius 1 is 0.878 bits per heavy atom. The molecule has 0 saturated carbocycles. The van der Waals surface area contributed by atoms with Crippen molar-refractivity contribution >= 4 is 29.4 Å². The molecule has 3 aromatic carbocycles. The number of carbonyl (C=O) groups excluding carboxylic acids is 4. The highest BCUT2D eigenvalue weighted by molar-refractivity contribution is 6.11. The number of hydrogen-bond donors (Lipinski definition) is 1. The van der Waals surface area contributed by atoms with E-state index in [0.717, 1.165) is 17.7 Å². The molecule has 0 bridgehead atoms. The molecule has 4 aromatic rings. The van der Waals surface area contributed by atoms with Crippen LogP contribution in [0, 0.1) is 6.92 Å². The van der Waals surface area contributed by atoms with Crippen LogP contribution in [-0.4, -0.2) is 53.8 Å². The number of aromatic nitrogens is 1. The van der Waals surface area contributed by atoms with Gasteiger partial charge in [-0.05, 0) is 99.8 Å². The lowest BCUT2D eigenvalue weighted by Crippen LogP contribution is -2.24. The summed E-state index contributed by atoms with van der Waals surface area (Å²) in [6.45, 7) is 5.20. The number of anilines is 1. The highest BCUT2D eigenvalue weighted by atomic mass is 19.4. The van der Waals surface area contributed by atoms with Crippen LogP contribution in [-0.2, 0) is 22.1 Å². The molecule has 0 saturated heterocycles. The van der Waals surface area contributed by atoms with Gasteiger partial charge in [0.25, 0.3) is 11.8 Å². The van der Waals surface area contributed by atoms with Gasteiger partial charge in [0.1, 0.15) is 5.75 Å². The van der Waals surface area contributed by atoms with E-state index in [1.54, 1.807) is 59.1 Å². The third kappa shape index (κ3) is 9.75. The number of aryl methyl sites for hydroxylation is 2. The Morgan fingerprint density at radius 3 is 2.16 bits per heavy atom. The highest BCUT2D eigenvalue weighted by Gasteiger charge is 2.30. The van der Waals surface area contributed by atoms with Crippen molar-refractivity contribution in [2.45, 2.75) is 52.3 Å². The largest absolute Gasteiger partial charge is 0.459 e. The molecule has 0 aliphatic rings. The number of esters is 2. The van der Waals surface area contributed by atoms with Crippen LogP contribution in [0.4, 0.5) is 18.9 Å². The SMILES string of the molecule is Cc1ccc(C(=O)Nc2ccc(CCCC(=O)Oc3ccc(C(=O)OC(C)C)cc3)cc2C(=O)N(C)C)c(-c2ccc(C(F)(F)F)cc2)n1. The molecule has 0 unspecified atom stereocenters. The summed E-state index contributed by atoms with van der Waals surface area (Å²) in [4.78, 5) is 57.0. The van der Waals surface area contributed by atoms with Crippen molar-refractivity contribution in [3.05, 3.63) is 112 Å². The summed E-state index contributed by atoms with van der Waals surface area (Å²) in [5, 5.41) is 2.77. The van der Waals surface area contributed by atoms with E-state index < -0.39 is 29.6 Å². The van der Waals surface area contributed by atoms with Gasteiger partial charge < -0.3 is 19.7 Å². The van der Waals surface area contributed by atoms with Crippen molar-refractivity contribution in [3.63, 3.8) is 0 Å². The Bertz CT molecular complexity index is 1840. The van der Waals surface area contributed by atoms with Crippen LogP contribution in [0.15, 0.2) is 78.9 Å². The standard InChI is InChI=1S/C37H36F3N3O6/c1-22(2)48-36(47)26-13-17-28(18-14-26)49-32(44)8-6-7-24-10-20-31(30(21-24)35(46)43(4)5)42-34(45)29-19-9-23(3)41-33(29)25-11-15-27(16-12-25)37(38,39)40/h9-22H,6-8H2,1-5H3,(H,42,45). The first-order valence-corrected chi connectivity index (χ1v) is 15.5. The van der Waals surface area contributed by atoms with Crippen molar-refractivity contribution in [2.75, 3.05) is 19.4 Å². The molecular formula is C37H36F3N3O6. The van der Waals surface area contributed by atoms with E-state index >= 15 is 0 Å². The van der Waals surface area contributed by atoms with Gasteiger partial charge in [-0.15, -0.1) is 0 Å². The molecule has 0 atom stereocenters. The lowest BCUT2D eigenvalue weighted by molar-refractivity contribution is -0.137. The van der Waals surface area contributed by atoms with E-state index in [2.05, 4.69) is 10.3 Å². The molecule has 0 aliphatic heterocycles. The summed E-state index contributed by atoms with van der Waals surface area (Å²) in [7, 11) is 3.14. The smallest absolute Gasteiger partial charge is 0.416 e. The number of alkyl halides is 3. The van der Waals surface area contributed by atoms with Gasteiger partial charge >= 0.3 is 18.1 Å². The zero-order valence-corrected chi connectivity index (χ0v) is 27.7. The molecule has 12 heteroatoms. The lowest BCUT2D eigenvalue weighted by atomic mass is 10.0. The van der Waals surface area contributed by atoms with Gasteiger partial charge in [-0.1, -0.05) is 18.2 Å². The van der Waals surface area contributed by atoms with E-state index in [1.807, 2.05) is 0 Å². The molecule has 1 heterocycles. The number of carbonyl (C=O) groups is 4. The molecule has 256 valence electrons. The van der Waals surface area contributed by atoms with Crippen LogP contribution >= 0.6 is 0 Å². The highest BCUT2D eigenvalue weighted by Crippen LogP contribution is 2.32. The number of benzene rings is 3. The molecular weight excluding hydrogens is 639 g/mol. The third-order valence-electron chi connectivity index (χ3n) is 7.24. The molecule has 1 N–H and O–H groups in total. The summed E-state index contributed by atoms with van der Waals surface area (Å²) in [5.74, 6) is -1.63. The van der Waals surface area contributed by atoms with E-state index in [9.17, 15) is 32.3 Å². The number of halogens is 3. The van der Waals surface area contributed by atoms with Crippen molar-refractivity contribution in [3.8, 4) is 17.0 Å². The van der Waals surface area contributed by atoms with Crippen molar-refractivity contribution in [1.82, 2.24) is 9.88 Å². The maximum absolute atomic E-state index is 13.5. The van der Waals surface area contributed by atoms with Gasteiger partial charge in [-0.2, -0.15) is 13.2 Å². The minimum atomic E-state index is -4.51. The first kappa shape index (κ1) is 36.3.